The molecule has 17 heavy (non-hydrogen) atoms. The van der Waals surface area contributed by atoms with E-state index in [1.54, 1.807) is 0 Å². The molecule has 0 spiro atoms. The highest BCUT2D eigenvalue weighted by Gasteiger charge is 2.24. The van der Waals surface area contributed by atoms with Gasteiger partial charge in [-0.3, -0.25) is 9.69 Å². The van der Waals surface area contributed by atoms with Crippen LogP contribution in [-0.2, 0) is 11.3 Å². The zero-order chi connectivity index (χ0) is 12.1. The van der Waals surface area contributed by atoms with Gasteiger partial charge in [-0.15, -0.1) is 0 Å². The van der Waals surface area contributed by atoms with Crippen molar-refractivity contribution in [1.82, 2.24) is 4.90 Å². The summed E-state index contributed by atoms with van der Waals surface area (Å²) in [7, 11) is 0. The van der Waals surface area contributed by atoms with Crippen molar-refractivity contribution in [2.24, 2.45) is 5.92 Å². The van der Waals surface area contributed by atoms with Gasteiger partial charge < -0.3 is 0 Å². The number of ketones is 1. The molecule has 0 amide bonds. The number of Topliss-reactive ketones (excluding diaryl/α,β-unsaturated/α-hetero) is 1. The second-order valence-electron chi connectivity index (χ2n) is 4.88. The van der Waals surface area contributed by atoms with Crippen molar-refractivity contribution in [2.45, 2.75) is 32.7 Å². The van der Waals surface area contributed by atoms with E-state index in [0.29, 0.717) is 12.2 Å². The lowest BCUT2D eigenvalue weighted by molar-refractivity contribution is -0.124. The van der Waals surface area contributed by atoms with E-state index in [2.05, 4.69) is 29.2 Å². The lowest BCUT2D eigenvalue weighted by Gasteiger charge is -2.31. The summed E-state index contributed by atoms with van der Waals surface area (Å²) >= 11 is 0. The maximum absolute atomic E-state index is 11.7. The van der Waals surface area contributed by atoms with E-state index in [4.69, 9.17) is 0 Å². The molecule has 1 unspecified atom stereocenters. The molecule has 1 aromatic rings. The third kappa shape index (κ3) is 3.40. The summed E-state index contributed by atoms with van der Waals surface area (Å²) in [5.41, 5.74) is 1.34. The number of piperidine rings is 1. The van der Waals surface area contributed by atoms with Crippen molar-refractivity contribution in [3.8, 4) is 0 Å². The summed E-state index contributed by atoms with van der Waals surface area (Å²) < 4.78 is 0. The minimum absolute atomic E-state index is 0.275. The van der Waals surface area contributed by atoms with Crippen LogP contribution in [0, 0.1) is 5.92 Å². The number of nitrogens with zero attached hydrogens (tertiary/aromatic N) is 1. The second-order valence-corrected chi connectivity index (χ2v) is 4.88. The predicted molar refractivity (Wildman–Crippen MR) is 69.7 cm³/mol. The molecule has 1 fully saturated rings. The molecule has 1 aliphatic rings. The van der Waals surface area contributed by atoms with E-state index in [0.717, 1.165) is 32.5 Å². The fraction of sp³-hybridized carbons (Fsp3) is 0.533. The number of rotatable bonds is 4. The minimum atomic E-state index is 0.275. The highest BCUT2D eigenvalue weighted by Crippen LogP contribution is 2.20. The topological polar surface area (TPSA) is 20.3 Å². The van der Waals surface area contributed by atoms with Gasteiger partial charge in [-0.1, -0.05) is 37.3 Å². The monoisotopic (exact) mass is 231 g/mol. The SMILES string of the molecule is CCC(=O)C1CCCN(Cc2ccccc2)C1. The van der Waals surface area contributed by atoms with Crippen LogP contribution in [0.5, 0.6) is 0 Å². The summed E-state index contributed by atoms with van der Waals surface area (Å²) in [5.74, 6) is 0.709. The average molecular weight is 231 g/mol. The van der Waals surface area contributed by atoms with E-state index < -0.39 is 0 Å². The fourth-order valence-corrected chi connectivity index (χ4v) is 2.59. The summed E-state index contributed by atoms with van der Waals surface area (Å²) in [6.07, 6.45) is 2.92. The molecular weight excluding hydrogens is 210 g/mol. The Kier molecular flexibility index (Phi) is 4.32. The molecule has 1 saturated heterocycles. The van der Waals surface area contributed by atoms with Crippen molar-refractivity contribution >= 4 is 5.78 Å². The van der Waals surface area contributed by atoms with E-state index in [-0.39, 0.29) is 5.92 Å². The Hall–Kier alpha value is -1.15. The van der Waals surface area contributed by atoms with Crippen LogP contribution in [0.1, 0.15) is 31.7 Å². The number of likely N-dealkylation sites (tertiary alicyclic amines) is 1. The molecule has 0 radical (unpaired) electrons. The molecule has 1 heterocycles. The van der Waals surface area contributed by atoms with Crippen LogP contribution in [0.25, 0.3) is 0 Å². The number of hydrogen-bond donors (Lipinski definition) is 0. The van der Waals surface area contributed by atoms with Crippen LogP contribution >= 0.6 is 0 Å². The summed E-state index contributed by atoms with van der Waals surface area (Å²) in [6, 6.07) is 10.5. The lowest BCUT2D eigenvalue weighted by Crippen LogP contribution is -2.38. The van der Waals surface area contributed by atoms with Crippen LogP contribution in [0.15, 0.2) is 30.3 Å². The number of hydrogen-bond acceptors (Lipinski definition) is 2. The van der Waals surface area contributed by atoms with Crippen LogP contribution in [0.2, 0.25) is 0 Å². The molecule has 2 heteroatoms. The maximum atomic E-state index is 11.7. The predicted octanol–water partition coefficient (Wildman–Crippen LogP) is 2.88. The van der Waals surface area contributed by atoms with Crippen LogP contribution in [-0.4, -0.2) is 23.8 Å². The molecule has 1 aliphatic heterocycles. The highest BCUT2D eigenvalue weighted by molar-refractivity contribution is 5.80. The molecule has 2 rings (SSSR count). The molecule has 92 valence electrons. The van der Waals surface area contributed by atoms with Gasteiger partial charge in [0.1, 0.15) is 5.78 Å². The van der Waals surface area contributed by atoms with E-state index in [1.807, 2.05) is 13.0 Å². The van der Waals surface area contributed by atoms with Gasteiger partial charge >= 0.3 is 0 Å². The Bertz CT molecular complexity index is 360. The molecule has 0 aromatic heterocycles. The Morgan fingerprint density at radius 3 is 2.82 bits per heavy atom. The molecule has 0 bridgehead atoms. The Morgan fingerprint density at radius 2 is 2.12 bits per heavy atom. The van der Waals surface area contributed by atoms with Gasteiger partial charge in [0.25, 0.3) is 0 Å². The van der Waals surface area contributed by atoms with Crippen molar-refractivity contribution < 1.29 is 4.79 Å². The van der Waals surface area contributed by atoms with Crippen LogP contribution in [0.4, 0.5) is 0 Å². The van der Waals surface area contributed by atoms with Gasteiger partial charge in [-0.2, -0.15) is 0 Å². The quantitative estimate of drug-likeness (QED) is 0.794. The van der Waals surface area contributed by atoms with Crippen molar-refractivity contribution in [2.75, 3.05) is 13.1 Å². The molecule has 0 aliphatic carbocycles. The van der Waals surface area contributed by atoms with E-state index >= 15 is 0 Å². The largest absolute Gasteiger partial charge is 0.299 e. The smallest absolute Gasteiger partial charge is 0.136 e. The number of benzene rings is 1. The van der Waals surface area contributed by atoms with Gasteiger partial charge in [0, 0.05) is 25.4 Å². The van der Waals surface area contributed by atoms with Gasteiger partial charge in [0.2, 0.25) is 0 Å². The summed E-state index contributed by atoms with van der Waals surface area (Å²) in [5, 5.41) is 0. The van der Waals surface area contributed by atoms with Gasteiger partial charge in [-0.05, 0) is 24.9 Å². The Labute approximate surface area is 104 Å². The first-order valence-corrected chi connectivity index (χ1v) is 6.58. The fourth-order valence-electron chi connectivity index (χ4n) is 2.59. The molecule has 0 saturated carbocycles. The Morgan fingerprint density at radius 1 is 1.35 bits per heavy atom. The van der Waals surface area contributed by atoms with Crippen LogP contribution in [0.3, 0.4) is 0 Å². The second kappa shape index (κ2) is 5.97. The molecule has 1 atom stereocenters. The standard InChI is InChI=1S/C15H21NO/c1-2-15(17)14-9-6-10-16(12-14)11-13-7-4-3-5-8-13/h3-5,7-8,14H,2,6,9-12H2,1H3. The average Bonchev–Trinajstić information content (AvgIpc) is 2.39. The lowest BCUT2D eigenvalue weighted by atomic mass is 9.92. The first-order valence-electron chi connectivity index (χ1n) is 6.58. The number of carbonyl (C=O) groups excluding carboxylic acids is 1. The first kappa shape index (κ1) is 12.3. The normalized spacial score (nSPS) is 21.4. The molecule has 0 N–H and O–H groups in total. The van der Waals surface area contributed by atoms with Gasteiger partial charge in [0.15, 0.2) is 0 Å². The third-order valence-corrected chi connectivity index (χ3v) is 3.56. The molecule has 2 nitrogen and oxygen atoms in total. The Balaban J connectivity index is 1.92. The van der Waals surface area contributed by atoms with Crippen molar-refractivity contribution in [3.05, 3.63) is 35.9 Å². The molecule has 1 aromatic carbocycles. The van der Waals surface area contributed by atoms with Crippen LogP contribution < -0.4 is 0 Å². The van der Waals surface area contributed by atoms with E-state index in [9.17, 15) is 4.79 Å². The highest BCUT2D eigenvalue weighted by atomic mass is 16.1. The number of carbonyl (C=O) groups is 1. The molecular formula is C15H21NO. The zero-order valence-electron chi connectivity index (χ0n) is 10.6. The minimum Gasteiger partial charge on any atom is -0.299 e. The maximum Gasteiger partial charge on any atom is 0.136 e. The summed E-state index contributed by atoms with van der Waals surface area (Å²) in [4.78, 5) is 14.2. The van der Waals surface area contributed by atoms with E-state index in [1.165, 1.54) is 5.56 Å². The third-order valence-electron chi connectivity index (χ3n) is 3.56. The zero-order valence-corrected chi connectivity index (χ0v) is 10.6. The first-order chi connectivity index (χ1) is 8.29. The van der Waals surface area contributed by atoms with Crippen molar-refractivity contribution in [3.63, 3.8) is 0 Å². The van der Waals surface area contributed by atoms with Gasteiger partial charge in [0.05, 0.1) is 0 Å². The van der Waals surface area contributed by atoms with Gasteiger partial charge in [-0.25, -0.2) is 0 Å². The summed E-state index contributed by atoms with van der Waals surface area (Å²) in [6.45, 7) is 5.02. The van der Waals surface area contributed by atoms with Crippen molar-refractivity contribution in [1.29, 1.82) is 0 Å².